The van der Waals surface area contributed by atoms with E-state index in [-0.39, 0.29) is 11.1 Å². The average molecular weight is 450 g/mol. The topological polar surface area (TPSA) is 46.6 Å². The molecule has 1 fully saturated rings. The Morgan fingerprint density at radius 1 is 1.00 bits per heavy atom. The monoisotopic (exact) mass is 449 g/mol. The second-order valence-corrected chi connectivity index (χ2v) is 8.72. The van der Waals surface area contributed by atoms with E-state index < -0.39 is 0 Å². The number of ether oxygens (including phenoxy) is 1. The van der Waals surface area contributed by atoms with Gasteiger partial charge in [-0.1, -0.05) is 48.0 Å². The summed E-state index contributed by atoms with van der Waals surface area (Å²) in [5, 5.41) is 0.389. The van der Waals surface area contributed by atoms with Crippen LogP contribution < -0.4 is 9.64 Å². The number of imide groups is 1. The van der Waals surface area contributed by atoms with Gasteiger partial charge in [-0.25, -0.2) is 4.90 Å². The molecule has 0 spiro atoms. The molecule has 3 aromatic carbocycles. The molecule has 6 heteroatoms. The Morgan fingerprint density at radius 3 is 2.55 bits per heavy atom. The Hall–Kier alpha value is -3.02. The lowest BCUT2D eigenvalue weighted by atomic mass is 10.1. The first-order valence-electron chi connectivity index (χ1n) is 9.73. The molecule has 1 saturated heterocycles. The van der Waals surface area contributed by atoms with Crippen LogP contribution in [0.5, 0.6) is 5.75 Å². The van der Waals surface area contributed by atoms with Crippen LogP contribution in [0.15, 0.2) is 71.6 Å². The van der Waals surface area contributed by atoms with Crippen molar-refractivity contribution in [1.82, 2.24) is 0 Å². The van der Waals surface area contributed by atoms with Crippen LogP contribution in [-0.2, 0) is 11.4 Å². The first-order valence-corrected chi connectivity index (χ1v) is 10.9. The van der Waals surface area contributed by atoms with Gasteiger partial charge in [0.1, 0.15) is 12.4 Å². The van der Waals surface area contributed by atoms with Gasteiger partial charge in [0.15, 0.2) is 0 Å². The fourth-order valence-corrected chi connectivity index (χ4v) is 4.19. The van der Waals surface area contributed by atoms with Crippen molar-refractivity contribution in [1.29, 1.82) is 0 Å². The fraction of sp³-hybridized carbons (Fsp3) is 0.120. The third-order valence-electron chi connectivity index (χ3n) is 4.87. The van der Waals surface area contributed by atoms with E-state index in [1.54, 1.807) is 6.08 Å². The van der Waals surface area contributed by atoms with Crippen LogP contribution >= 0.6 is 23.4 Å². The fourth-order valence-electron chi connectivity index (χ4n) is 3.23. The molecule has 0 radical (unpaired) electrons. The molecule has 0 N–H and O–H groups in total. The average Bonchev–Trinajstić information content (AvgIpc) is 3.02. The maximum Gasteiger partial charge on any atom is 0.298 e. The van der Waals surface area contributed by atoms with Crippen molar-refractivity contribution in [3.8, 4) is 5.75 Å². The SMILES string of the molecule is Cc1ccc(C)c(N2C(=O)S/C(=C\c3cccc(OCc4ccc(Cl)cc4)c3)C2=O)c1. The van der Waals surface area contributed by atoms with Crippen molar-refractivity contribution in [3.63, 3.8) is 0 Å². The van der Waals surface area contributed by atoms with Gasteiger partial charge in [-0.3, -0.25) is 9.59 Å². The molecule has 0 aliphatic carbocycles. The molecule has 1 aliphatic heterocycles. The lowest BCUT2D eigenvalue weighted by molar-refractivity contribution is -0.113. The maximum atomic E-state index is 13.0. The summed E-state index contributed by atoms with van der Waals surface area (Å²) in [6.45, 7) is 4.24. The van der Waals surface area contributed by atoms with Gasteiger partial charge >= 0.3 is 0 Å². The second-order valence-electron chi connectivity index (χ2n) is 7.29. The van der Waals surface area contributed by atoms with Crippen LogP contribution in [-0.4, -0.2) is 11.1 Å². The number of anilines is 1. The van der Waals surface area contributed by atoms with E-state index in [0.29, 0.717) is 28.0 Å². The molecule has 4 rings (SSSR count). The van der Waals surface area contributed by atoms with Gasteiger partial charge in [0.25, 0.3) is 11.1 Å². The van der Waals surface area contributed by atoms with E-state index in [4.69, 9.17) is 16.3 Å². The van der Waals surface area contributed by atoms with E-state index in [9.17, 15) is 9.59 Å². The largest absolute Gasteiger partial charge is 0.489 e. The Bertz CT molecular complexity index is 1190. The zero-order chi connectivity index (χ0) is 22.0. The molecule has 3 aromatic rings. The number of hydrogen-bond donors (Lipinski definition) is 0. The first kappa shape index (κ1) is 21.2. The molecule has 31 heavy (non-hydrogen) atoms. The summed E-state index contributed by atoms with van der Waals surface area (Å²) >= 11 is 6.86. The molecule has 1 aliphatic rings. The van der Waals surface area contributed by atoms with E-state index in [2.05, 4.69) is 0 Å². The van der Waals surface area contributed by atoms with Crippen LogP contribution in [0.4, 0.5) is 10.5 Å². The summed E-state index contributed by atoms with van der Waals surface area (Å²) < 4.78 is 5.86. The van der Waals surface area contributed by atoms with Crippen molar-refractivity contribution in [2.24, 2.45) is 0 Å². The molecule has 1 heterocycles. The predicted octanol–water partition coefficient (Wildman–Crippen LogP) is 6.78. The highest BCUT2D eigenvalue weighted by Crippen LogP contribution is 2.37. The van der Waals surface area contributed by atoms with E-state index in [1.807, 2.05) is 80.6 Å². The molecule has 0 saturated carbocycles. The van der Waals surface area contributed by atoms with Crippen LogP contribution in [0.2, 0.25) is 5.02 Å². The summed E-state index contributed by atoms with van der Waals surface area (Å²) in [5.74, 6) is 0.369. The normalized spacial score (nSPS) is 15.1. The molecular formula is C25H20ClNO3S. The molecule has 2 amide bonds. The molecule has 156 valence electrons. The zero-order valence-electron chi connectivity index (χ0n) is 17.1. The molecule has 4 nitrogen and oxygen atoms in total. The van der Waals surface area contributed by atoms with Crippen LogP contribution in [0, 0.1) is 13.8 Å². The number of nitrogens with zero attached hydrogens (tertiary/aromatic N) is 1. The van der Waals surface area contributed by atoms with Crippen LogP contribution in [0.25, 0.3) is 6.08 Å². The van der Waals surface area contributed by atoms with E-state index >= 15 is 0 Å². The van der Waals surface area contributed by atoms with Gasteiger partial charge in [0, 0.05) is 5.02 Å². The van der Waals surface area contributed by atoms with Gasteiger partial charge in [-0.15, -0.1) is 0 Å². The summed E-state index contributed by atoms with van der Waals surface area (Å²) in [4.78, 5) is 27.2. The van der Waals surface area contributed by atoms with Gasteiger partial charge in [-0.2, -0.15) is 0 Å². The number of hydrogen-bond acceptors (Lipinski definition) is 4. The molecule has 0 unspecified atom stereocenters. The van der Waals surface area contributed by atoms with Crippen LogP contribution in [0.1, 0.15) is 22.3 Å². The Balaban J connectivity index is 1.53. The number of thioether (sulfide) groups is 1. The minimum atomic E-state index is -0.309. The first-order chi connectivity index (χ1) is 14.9. The molecular weight excluding hydrogens is 430 g/mol. The second kappa shape index (κ2) is 9.00. The van der Waals surface area contributed by atoms with Crippen molar-refractivity contribution in [2.75, 3.05) is 4.90 Å². The number of carbonyl (C=O) groups is 2. The number of carbonyl (C=O) groups excluding carboxylic acids is 2. The van der Waals surface area contributed by atoms with Crippen molar-refractivity contribution < 1.29 is 14.3 Å². The zero-order valence-corrected chi connectivity index (χ0v) is 18.7. The lowest BCUT2D eigenvalue weighted by Crippen LogP contribution is -2.28. The summed E-state index contributed by atoms with van der Waals surface area (Å²) in [6.07, 6.45) is 1.73. The van der Waals surface area contributed by atoms with Gasteiger partial charge in [0.2, 0.25) is 0 Å². The molecule has 0 aromatic heterocycles. The van der Waals surface area contributed by atoms with E-state index in [0.717, 1.165) is 34.0 Å². The summed E-state index contributed by atoms with van der Waals surface area (Å²) in [5.41, 5.74) is 4.30. The Morgan fingerprint density at radius 2 is 1.77 bits per heavy atom. The Kier molecular flexibility index (Phi) is 6.16. The quantitative estimate of drug-likeness (QED) is 0.403. The van der Waals surface area contributed by atoms with Crippen molar-refractivity contribution >= 4 is 46.3 Å². The third kappa shape index (κ3) is 4.84. The van der Waals surface area contributed by atoms with Gasteiger partial charge in [0.05, 0.1) is 10.6 Å². The van der Waals surface area contributed by atoms with Gasteiger partial charge < -0.3 is 4.74 Å². The van der Waals surface area contributed by atoms with Crippen LogP contribution in [0.3, 0.4) is 0 Å². The highest BCUT2D eigenvalue weighted by Gasteiger charge is 2.37. The van der Waals surface area contributed by atoms with Crippen molar-refractivity contribution in [2.45, 2.75) is 20.5 Å². The summed E-state index contributed by atoms with van der Waals surface area (Å²) in [6, 6.07) is 20.6. The summed E-state index contributed by atoms with van der Waals surface area (Å²) in [7, 11) is 0. The lowest BCUT2D eigenvalue weighted by Gasteiger charge is -2.16. The van der Waals surface area contributed by atoms with E-state index in [1.165, 1.54) is 4.90 Å². The van der Waals surface area contributed by atoms with Gasteiger partial charge in [-0.05, 0) is 84.3 Å². The smallest absolute Gasteiger partial charge is 0.298 e. The Labute approximate surface area is 190 Å². The molecule has 0 bridgehead atoms. The minimum Gasteiger partial charge on any atom is -0.489 e. The number of aryl methyl sites for hydroxylation is 2. The number of rotatable bonds is 5. The number of benzene rings is 3. The third-order valence-corrected chi connectivity index (χ3v) is 6.00. The highest BCUT2D eigenvalue weighted by atomic mass is 35.5. The number of halogens is 1. The number of amides is 2. The highest BCUT2D eigenvalue weighted by molar-refractivity contribution is 8.19. The van der Waals surface area contributed by atoms with Crippen molar-refractivity contribution in [3.05, 3.63) is 98.9 Å². The molecule has 0 atom stereocenters. The maximum absolute atomic E-state index is 13.0. The standard InChI is InChI=1S/C25H20ClNO3S/c1-16-6-7-17(2)22(12-16)27-24(28)23(31-25(27)29)14-19-4-3-5-21(13-19)30-15-18-8-10-20(26)11-9-18/h3-14H,15H2,1-2H3/b23-14-. The minimum absolute atomic E-state index is 0.292. The predicted molar refractivity (Wildman–Crippen MR) is 127 cm³/mol.